The van der Waals surface area contributed by atoms with Crippen molar-refractivity contribution >= 4 is 33.0 Å². The van der Waals surface area contributed by atoms with Gasteiger partial charge in [-0.2, -0.15) is 4.31 Å². The van der Waals surface area contributed by atoms with Crippen LogP contribution in [0, 0.1) is 6.92 Å². The monoisotopic (exact) mass is 295 g/mol. The van der Waals surface area contributed by atoms with Gasteiger partial charge in [0.15, 0.2) is 0 Å². The summed E-state index contributed by atoms with van der Waals surface area (Å²) in [5.41, 5.74) is 0.948. The predicted octanol–water partition coefficient (Wildman–Crippen LogP) is 3.21. The zero-order chi connectivity index (χ0) is 13.2. The van der Waals surface area contributed by atoms with Gasteiger partial charge in [-0.15, -0.1) is 22.9 Å². The zero-order valence-electron chi connectivity index (χ0n) is 10.5. The second-order valence-electron chi connectivity index (χ2n) is 4.11. The van der Waals surface area contributed by atoms with Gasteiger partial charge in [-0.3, -0.25) is 0 Å². The van der Waals surface area contributed by atoms with Gasteiger partial charge in [0.25, 0.3) is 10.0 Å². The lowest BCUT2D eigenvalue weighted by molar-refractivity contribution is 0.370. The summed E-state index contributed by atoms with van der Waals surface area (Å²) >= 11 is 7.04. The molecule has 0 saturated carbocycles. The minimum absolute atomic E-state index is 0.0353. The minimum Gasteiger partial charge on any atom is -0.206 e. The van der Waals surface area contributed by atoms with Crippen LogP contribution >= 0.6 is 22.9 Å². The van der Waals surface area contributed by atoms with E-state index < -0.39 is 10.0 Å². The minimum atomic E-state index is -3.37. The topological polar surface area (TPSA) is 37.4 Å². The fraction of sp³-hybridized carbons (Fsp3) is 0.636. The van der Waals surface area contributed by atoms with Crippen LogP contribution in [0.25, 0.3) is 0 Å². The van der Waals surface area contributed by atoms with Crippen molar-refractivity contribution in [3.05, 3.63) is 16.5 Å². The molecule has 0 radical (unpaired) electrons. The summed E-state index contributed by atoms with van der Waals surface area (Å²) in [6.45, 7) is 7.97. The first-order chi connectivity index (χ1) is 7.84. The second-order valence-corrected chi connectivity index (χ2v) is 7.63. The highest BCUT2D eigenvalue weighted by Gasteiger charge is 2.27. The van der Waals surface area contributed by atoms with Crippen molar-refractivity contribution in [3.63, 3.8) is 0 Å². The number of rotatable bonds is 5. The van der Waals surface area contributed by atoms with Gasteiger partial charge in [-0.1, -0.05) is 6.92 Å². The average molecular weight is 296 g/mol. The Bertz CT molecular complexity index is 480. The number of thiophene rings is 1. The number of alkyl halides is 1. The van der Waals surface area contributed by atoms with Gasteiger partial charge >= 0.3 is 0 Å². The van der Waals surface area contributed by atoms with Crippen molar-refractivity contribution < 1.29 is 8.42 Å². The smallest absolute Gasteiger partial charge is 0.206 e. The molecule has 17 heavy (non-hydrogen) atoms. The van der Waals surface area contributed by atoms with Crippen molar-refractivity contribution in [2.24, 2.45) is 0 Å². The molecule has 0 fully saturated rings. The molecule has 0 bridgehead atoms. The van der Waals surface area contributed by atoms with E-state index in [2.05, 4.69) is 0 Å². The first kappa shape index (κ1) is 15.0. The number of hydrogen-bond donors (Lipinski definition) is 0. The summed E-state index contributed by atoms with van der Waals surface area (Å²) in [5, 5.41) is 0. The van der Waals surface area contributed by atoms with E-state index in [1.54, 1.807) is 6.07 Å². The summed E-state index contributed by atoms with van der Waals surface area (Å²) in [5.74, 6) is 0.361. The number of sulfonamides is 1. The molecule has 0 spiro atoms. The molecular formula is C11H18ClNO2S2. The van der Waals surface area contributed by atoms with Gasteiger partial charge in [-0.05, 0) is 32.4 Å². The summed E-state index contributed by atoms with van der Waals surface area (Å²) in [6.07, 6.45) is 0. The van der Waals surface area contributed by atoms with Crippen LogP contribution in [-0.2, 0) is 15.9 Å². The van der Waals surface area contributed by atoms with Gasteiger partial charge in [-0.25, -0.2) is 8.42 Å². The quantitative estimate of drug-likeness (QED) is 0.782. The van der Waals surface area contributed by atoms with Crippen LogP contribution in [0.1, 0.15) is 31.2 Å². The molecule has 0 saturated heterocycles. The predicted molar refractivity (Wildman–Crippen MR) is 73.3 cm³/mol. The van der Waals surface area contributed by atoms with Crippen LogP contribution in [0.4, 0.5) is 0 Å². The number of nitrogens with zero attached hydrogens (tertiary/aromatic N) is 1. The lowest BCUT2D eigenvalue weighted by atomic mass is 10.3. The van der Waals surface area contributed by atoms with Crippen molar-refractivity contribution in [2.45, 2.75) is 43.8 Å². The molecule has 3 nitrogen and oxygen atoms in total. The Morgan fingerprint density at radius 1 is 1.47 bits per heavy atom. The Morgan fingerprint density at radius 2 is 2.06 bits per heavy atom. The normalized spacial score (nSPS) is 12.6. The van der Waals surface area contributed by atoms with Crippen molar-refractivity contribution in [3.8, 4) is 0 Å². The molecular weight excluding hydrogens is 278 g/mol. The van der Waals surface area contributed by atoms with E-state index in [-0.39, 0.29) is 6.04 Å². The molecule has 0 N–H and O–H groups in total. The Balaban J connectivity index is 3.20. The molecule has 1 aromatic rings. The molecule has 1 heterocycles. The molecule has 98 valence electrons. The standard InChI is InChI=1S/C11H18ClNO2S2/c1-5-13(8(2)3)17(14,15)11-6-9(4)10(7-12)16-11/h6,8H,5,7H2,1-4H3. The van der Waals surface area contributed by atoms with Crippen LogP contribution in [0.5, 0.6) is 0 Å². The van der Waals surface area contributed by atoms with Crippen molar-refractivity contribution in [1.82, 2.24) is 4.31 Å². The first-order valence-corrected chi connectivity index (χ1v) is 8.30. The van der Waals surface area contributed by atoms with E-state index in [0.29, 0.717) is 16.6 Å². The molecule has 0 aliphatic rings. The van der Waals surface area contributed by atoms with Crippen LogP contribution in [0.15, 0.2) is 10.3 Å². The average Bonchev–Trinajstić information content (AvgIpc) is 2.60. The maximum atomic E-state index is 12.4. The van der Waals surface area contributed by atoms with Gasteiger partial charge in [0.05, 0.1) is 5.88 Å². The van der Waals surface area contributed by atoms with Crippen LogP contribution in [0.3, 0.4) is 0 Å². The van der Waals surface area contributed by atoms with E-state index in [1.807, 2.05) is 27.7 Å². The summed E-state index contributed by atoms with van der Waals surface area (Å²) < 4.78 is 26.6. The molecule has 0 atom stereocenters. The van der Waals surface area contributed by atoms with Crippen LogP contribution in [0.2, 0.25) is 0 Å². The van der Waals surface area contributed by atoms with E-state index in [4.69, 9.17) is 11.6 Å². The summed E-state index contributed by atoms with van der Waals surface area (Å²) in [7, 11) is -3.37. The Hall–Kier alpha value is -0.100. The summed E-state index contributed by atoms with van der Waals surface area (Å²) in [6, 6.07) is 1.68. The molecule has 0 aliphatic heterocycles. The SMILES string of the molecule is CCN(C(C)C)S(=O)(=O)c1cc(C)c(CCl)s1. The molecule has 0 aromatic carbocycles. The second kappa shape index (κ2) is 5.69. The van der Waals surface area contributed by atoms with Crippen molar-refractivity contribution in [2.75, 3.05) is 6.54 Å². The van der Waals surface area contributed by atoms with Gasteiger partial charge in [0.1, 0.15) is 4.21 Å². The fourth-order valence-electron chi connectivity index (χ4n) is 1.68. The Labute approximate surface area is 112 Å². The van der Waals surface area contributed by atoms with Gasteiger partial charge < -0.3 is 0 Å². The lowest BCUT2D eigenvalue weighted by Gasteiger charge is -2.23. The van der Waals surface area contributed by atoms with Crippen molar-refractivity contribution in [1.29, 1.82) is 0 Å². The van der Waals surface area contributed by atoms with Crippen LogP contribution in [-0.4, -0.2) is 25.3 Å². The molecule has 6 heteroatoms. The highest BCUT2D eigenvalue weighted by Crippen LogP contribution is 2.30. The van der Waals surface area contributed by atoms with E-state index in [1.165, 1.54) is 15.6 Å². The maximum absolute atomic E-state index is 12.4. The Kier molecular flexibility index (Phi) is 5.01. The number of halogens is 1. The fourth-order valence-corrected chi connectivity index (χ4v) is 5.27. The molecule has 0 aliphatic carbocycles. The van der Waals surface area contributed by atoms with E-state index in [0.717, 1.165) is 10.4 Å². The van der Waals surface area contributed by atoms with Gasteiger partial charge in [0.2, 0.25) is 0 Å². The molecule has 1 rings (SSSR count). The van der Waals surface area contributed by atoms with E-state index in [9.17, 15) is 8.42 Å². The first-order valence-electron chi connectivity index (χ1n) is 5.51. The highest BCUT2D eigenvalue weighted by atomic mass is 35.5. The number of hydrogen-bond acceptors (Lipinski definition) is 3. The highest BCUT2D eigenvalue weighted by molar-refractivity contribution is 7.91. The van der Waals surface area contributed by atoms with Crippen LogP contribution < -0.4 is 0 Å². The largest absolute Gasteiger partial charge is 0.252 e. The molecule has 0 amide bonds. The number of aryl methyl sites for hydroxylation is 1. The summed E-state index contributed by atoms with van der Waals surface area (Å²) in [4.78, 5) is 0.921. The third kappa shape index (κ3) is 3.02. The third-order valence-corrected chi connectivity index (χ3v) is 6.83. The van der Waals surface area contributed by atoms with Gasteiger partial charge in [0, 0.05) is 17.5 Å². The molecule has 1 aromatic heterocycles. The third-order valence-electron chi connectivity index (χ3n) is 2.57. The lowest BCUT2D eigenvalue weighted by Crippen LogP contribution is -2.36. The molecule has 0 unspecified atom stereocenters. The Morgan fingerprint density at radius 3 is 2.41 bits per heavy atom. The zero-order valence-corrected chi connectivity index (χ0v) is 12.9. The van der Waals surface area contributed by atoms with E-state index >= 15 is 0 Å². The maximum Gasteiger partial charge on any atom is 0.252 e.